The SMILES string of the molecule is CN(C)S(=O)(=O)N1C=CSC1CNCCCc1ccccc1. The van der Waals surface area contributed by atoms with E-state index >= 15 is 0 Å². The fourth-order valence-electron chi connectivity index (χ4n) is 2.18. The zero-order valence-electron chi connectivity index (χ0n) is 13.0. The van der Waals surface area contributed by atoms with Crippen molar-refractivity contribution in [2.45, 2.75) is 18.2 Å². The monoisotopic (exact) mass is 341 g/mol. The highest BCUT2D eigenvalue weighted by Gasteiger charge is 2.31. The molecule has 0 radical (unpaired) electrons. The number of rotatable bonds is 8. The molecule has 1 aromatic carbocycles. The predicted molar refractivity (Wildman–Crippen MR) is 92.6 cm³/mol. The minimum absolute atomic E-state index is 0.107. The Hall–Kier alpha value is -1.02. The molecule has 0 aromatic heterocycles. The van der Waals surface area contributed by atoms with Gasteiger partial charge in [-0.1, -0.05) is 30.3 Å². The van der Waals surface area contributed by atoms with Gasteiger partial charge in [0.2, 0.25) is 0 Å². The molecule has 5 nitrogen and oxygen atoms in total. The average molecular weight is 342 g/mol. The molecular formula is C15H23N3O2S2. The summed E-state index contributed by atoms with van der Waals surface area (Å²) in [7, 11) is -0.288. The van der Waals surface area contributed by atoms with Gasteiger partial charge in [-0.25, -0.2) is 4.31 Å². The normalized spacial score (nSPS) is 18.3. The zero-order chi connectivity index (χ0) is 16.0. The Morgan fingerprint density at radius 1 is 1.27 bits per heavy atom. The van der Waals surface area contributed by atoms with Crippen LogP contribution in [-0.4, -0.2) is 49.6 Å². The van der Waals surface area contributed by atoms with Crippen molar-refractivity contribution in [3.8, 4) is 0 Å². The second kappa shape index (κ2) is 8.01. The van der Waals surface area contributed by atoms with Crippen LogP contribution in [0.4, 0.5) is 0 Å². The van der Waals surface area contributed by atoms with Crippen LogP contribution < -0.4 is 5.32 Å². The second-order valence-corrected chi connectivity index (χ2v) is 8.43. The Balaban J connectivity index is 1.73. The van der Waals surface area contributed by atoms with Gasteiger partial charge in [-0.15, -0.1) is 11.8 Å². The van der Waals surface area contributed by atoms with E-state index in [1.165, 1.54) is 25.9 Å². The summed E-state index contributed by atoms with van der Waals surface area (Å²) in [6.45, 7) is 1.52. The topological polar surface area (TPSA) is 52.7 Å². The number of thioether (sulfide) groups is 1. The van der Waals surface area contributed by atoms with Crippen molar-refractivity contribution in [2.75, 3.05) is 27.2 Å². The first-order chi connectivity index (χ1) is 10.5. The van der Waals surface area contributed by atoms with Gasteiger partial charge in [0.15, 0.2) is 0 Å². The third-order valence-corrected chi connectivity index (χ3v) is 6.39. The number of nitrogens with zero attached hydrogens (tertiary/aromatic N) is 2. The van der Waals surface area contributed by atoms with E-state index in [0.29, 0.717) is 6.54 Å². The van der Waals surface area contributed by atoms with Crippen LogP contribution in [0.5, 0.6) is 0 Å². The molecular weight excluding hydrogens is 318 g/mol. The van der Waals surface area contributed by atoms with E-state index in [4.69, 9.17) is 0 Å². The van der Waals surface area contributed by atoms with Crippen LogP contribution in [0.25, 0.3) is 0 Å². The molecule has 1 unspecified atom stereocenters. The van der Waals surface area contributed by atoms with Crippen molar-refractivity contribution >= 4 is 22.0 Å². The molecule has 1 aliphatic heterocycles. The lowest BCUT2D eigenvalue weighted by Gasteiger charge is -2.27. The first-order valence-corrected chi connectivity index (χ1v) is 9.63. The number of hydrogen-bond acceptors (Lipinski definition) is 4. The molecule has 1 aliphatic rings. The lowest BCUT2D eigenvalue weighted by atomic mass is 10.1. The molecule has 1 aromatic rings. The van der Waals surface area contributed by atoms with Gasteiger partial charge in [-0.3, -0.25) is 0 Å². The molecule has 1 N–H and O–H groups in total. The molecule has 0 spiro atoms. The van der Waals surface area contributed by atoms with Gasteiger partial charge in [-0.05, 0) is 30.4 Å². The van der Waals surface area contributed by atoms with E-state index in [2.05, 4.69) is 17.4 Å². The quantitative estimate of drug-likeness (QED) is 0.734. The van der Waals surface area contributed by atoms with Gasteiger partial charge in [0.05, 0.1) is 0 Å². The fraction of sp³-hybridized carbons (Fsp3) is 0.467. The first-order valence-electron chi connectivity index (χ1n) is 7.29. The minimum Gasteiger partial charge on any atom is -0.314 e. The molecule has 1 heterocycles. The smallest absolute Gasteiger partial charge is 0.304 e. The maximum absolute atomic E-state index is 12.2. The van der Waals surface area contributed by atoms with Crippen molar-refractivity contribution < 1.29 is 8.42 Å². The molecule has 22 heavy (non-hydrogen) atoms. The van der Waals surface area contributed by atoms with Gasteiger partial charge < -0.3 is 5.32 Å². The van der Waals surface area contributed by atoms with Crippen LogP contribution in [0, 0.1) is 0 Å². The van der Waals surface area contributed by atoms with Gasteiger partial charge in [-0.2, -0.15) is 12.7 Å². The van der Waals surface area contributed by atoms with E-state index < -0.39 is 10.2 Å². The Bertz CT molecular complexity index is 588. The predicted octanol–water partition coefficient (Wildman–Crippen LogP) is 1.86. The lowest BCUT2D eigenvalue weighted by molar-refractivity contribution is 0.420. The maximum Gasteiger partial charge on any atom is 0.304 e. The highest BCUT2D eigenvalue weighted by molar-refractivity contribution is 8.03. The van der Waals surface area contributed by atoms with Crippen LogP contribution >= 0.6 is 11.8 Å². The van der Waals surface area contributed by atoms with Crippen molar-refractivity contribution in [3.05, 3.63) is 47.5 Å². The Kier molecular flexibility index (Phi) is 6.31. The Morgan fingerprint density at radius 2 is 2.00 bits per heavy atom. The first kappa shape index (κ1) is 17.3. The summed E-state index contributed by atoms with van der Waals surface area (Å²) in [6.07, 6.45) is 3.70. The van der Waals surface area contributed by atoms with Crippen LogP contribution in [0.3, 0.4) is 0 Å². The zero-order valence-corrected chi connectivity index (χ0v) is 14.6. The van der Waals surface area contributed by atoms with Crippen LogP contribution in [0.1, 0.15) is 12.0 Å². The number of aryl methyl sites for hydroxylation is 1. The number of hydrogen-bond donors (Lipinski definition) is 1. The third kappa shape index (κ3) is 4.49. The third-order valence-electron chi connectivity index (χ3n) is 3.44. The molecule has 0 saturated carbocycles. The van der Waals surface area contributed by atoms with Crippen molar-refractivity contribution in [1.29, 1.82) is 0 Å². The summed E-state index contributed by atoms with van der Waals surface area (Å²) in [6, 6.07) is 10.4. The largest absolute Gasteiger partial charge is 0.314 e. The standard InChI is InChI=1S/C15H23N3O2S2/c1-17(2)22(19,20)18-11-12-21-15(18)13-16-10-6-9-14-7-4-3-5-8-14/h3-5,7-8,11-12,15-16H,6,9-10,13H2,1-2H3. The number of nitrogens with one attached hydrogen (secondary N) is 1. The highest BCUT2D eigenvalue weighted by Crippen LogP contribution is 2.28. The Morgan fingerprint density at radius 3 is 2.68 bits per heavy atom. The summed E-state index contributed by atoms with van der Waals surface area (Å²) in [5, 5.41) is 5.08. The van der Waals surface area contributed by atoms with Gasteiger partial charge in [0, 0.05) is 26.8 Å². The molecule has 0 amide bonds. The molecule has 0 bridgehead atoms. The van der Waals surface area contributed by atoms with Gasteiger partial charge in [0.1, 0.15) is 5.37 Å². The fourth-order valence-corrected chi connectivity index (χ4v) is 4.48. The molecule has 0 fully saturated rings. The summed E-state index contributed by atoms with van der Waals surface area (Å²) in [4.78, 5) is 0. The van der Waals surface area contributed by atoms with Gasteiger partial charge >= 0.3 is 10.2 Å². The molecule has 7 heteroatoms. The maximum atomic E-state index is 12.2. The van der Waals surface area contributed by atoms with E-state index in [1.54, 1.807) is 20.3 Å². The van der Waals surface area contributed by atoms with E-state index in [9.17, 15) is 8.42 Å². The minimum atomic E-state index is -3.39. The van der Waals surface area contributed by atoms with E-state index in [0.717, 1.165) is 19.4 Å². The van der Waals surface area contributed by atoms with Crippen LogP contribution in [0.2, 0.25) is 0 Å². The van der Waals surface area contributed by atoms with E-state index in [-0.39, 0.29) is 5.37 Å². The molecule has 2 rings (SSSR count). The second-order valence-electron chi connectivity index (χ2n) is 5.29. The summed E-state index contributed by atoms with van der Waals surface area (Å²) in [5.74, 6) is 0. The van der Waals surface area contributed by atoms with Gasteiger partial charge in [0.25, 0.3) is 0 Å². The lowest BCUT2D eigenvalue weighted by Crippen LogP contribution is -2.43. The highest BCUT2D eigenvalue weighted by atomic mass is 32.2. The molecule has 0 aliphatic carbocycles. The van der Waals surface area contributed by atoms with Crippen molar-refractivity contribution in [1.82, 2.24) is 13.9 Å². The summed E-state index contributed by atoms with van der Waals surface area (Å²) >= 11 is 1.53. The summed E-state index contributed by atoms with van der Waals surface area (Å²) in [5.41, 5.74) is 1.33. The van der Waals surface area contributed by atoms with E-state index in [1.807, 2.05) is 23.6 Å². The number of benzene rings is 1. The van der Waals surface area contributed by atoms with Crippen molar-refractivity contribution in [3.63, 3.8) is 0 Å². The van der Waals surface area contributed by atoms with Crippen LogP contribution in [0.15, 0.2) is 41.9 Å². The molecule has 0 saturated heterocycles. The molecule has 122 valence electrons. The molecule has 1 atom stereocenters. The van der Waals surface area contributed by atoms with Crippen LogP contribution in [-0.2, 0) is 16.6 Å². The summed E-state index contributed by atoms with van der Waals surface area (Å²) < 4.78 is 27.0. The van der Waals surface area contributed by atoms with Crippen molar-refractivity contribution in [2.24, 2.45) is 0 Å². The average Bonchev–Trinajstić information content (AvgIpc) is 2.97. The Labute approximate surface area is 137 Å².